The van der Waals surface area contributed by atoms with Crippen LogP contribution >= 0.6 is 23.2 Å². The molecule has 2 heterocycles. The van der Waals surface area contributed by atoms with E-state index in [0.29, 0.717) is 10.0 Å². The van der Waals surface area contributed by atoms with Gasteiger partial charge in [-0.2, -0.15) is 0 Å². The number of hydrogen-bond donors (Lipinski definition) is 0. The summed E-state index contributed by atoms with van der Waals surface area (Å²) in [5.74, 6) is 0. The quantitative estimate of drug-likeness (QED) is 0.389. The summed E-state index contributed by atoms with van der Waals surface area (Å²) in [5.41, 5.74) is 6.18. The molecule has 5 rings (SSSR count). The molecule has 0 amide bonds. The Bertz CT molecular complexity index is 1010. The van der Waals surface area contributed by atoms with Crippen molar-refractivity contribution in [3.63, 3.8) is 0 Å². The van der Waals surface area contributed by atoms with Gasteiger partial charge in [0.1, 0.15) is 0 Å². The molecule has 0 aromatic heterocycles. The van der Waals surface area contributed by atoms with Crippen LogP contribution in [0.3, 0.4) is 0 Å². The lowest BCUT2D eigenvalue weighted by Gasteiger charge is -2.02. The fourth-order valence-electron chi connectivity index (χ4n) is 3.12. The van der Waals surface area contributed by atoms with Crippen molar-refractivity contribution in [2.45, 2.75) is 0 Å². The molecule has 3 aromatic rings. The first-order chi connectivity index (χ1) is 10.7. The van der Waals surface area contributed by atoms with Crippen LogP contribution in [0.2, 0.25) is 10.0 Å². The number of rotatable bonds is 0. The van der Waals surface area contributed by atoms with E-state index in [-0.39, 0.29) is 0 Å². The summed E-state index contributed by atoms with van der Waals surface area (Å²) >= 11 is 12.2. The third-order valence-corrected chi connectivity index (χ3v) is 4.58. The summed E-state index contributed by atoms with van der Waals surface area (Å²) in [4.78, 5) is 9.50. The van der Waals surface area contributed by atoms with Crippen LogP contribution in [0, 0.1) is 0 Å². The number of nitrogens with zero attached hydrogens (tertiary/aromatic N) is 2. The highest BCUT2D eigenvalue weighted by Crippen LogP contribution is 2.38. The summed E-state index contributed by atoms with van der Waals surface area (Å²) in [7, 11) is 0. The first kappa shape index (κ1) is 12.4. The van der Waals surface area contributed by atoms with Crippen molar-refractivity contribution in [1.29, 1.82) is 0 Å². The fourth-order valence-corrected chi connectivity index (χ4v) is 3.47. The normalized spacial score (nSPS) is 12.8. The molecule has 104 valence electrons. The molecular weight excluding hydrogens is 315 g/mol. The van der Waals surface area contributed by atoms with Crippen molar-refractivity contribution in [2.24, 2.45) is 9.98 Å². The molecular formula is C18H8Cl2N2. The summed E-state index contributed by atoms with van der Waals surface area (Å²) in [5, 5.41) is 3.27. The molecule has 3 aromatic carbocycles. The van der Waals surface area contributed by atoms with Crippen molar-refractivity contribution in [3.8, 4) is 22.3 Å². The van der Waals surface area contributed by atoms with Crippen LogP contribution in [0.4, 0.5) is 11.4 Å². The van der Waals surface area contributed by atoms with Gasteiger partial charge in [-0.3, -0.25) is 0 Å². The van der Waals surface area contributed by atoms with Crippen molar-refractivity contribution < 1.29 is 0 Å². The van der Waals surface area contributed by atoms with Crippen LogP contribution in [-0.2, 0) is 0 Å². The molecule has 0 saturated carbocycles. The Morgan fingerprint density at radius 1 is 0.545 bits per heavy atom. The Morgan fingerprint density at radius 3 is 1.45 bits per heavy atom. The average Bonchev–Trinajstić information content (AvgIpc) is 3.05. The van der Waals surface area contributed by atoms with Gasteiger partial charge in [0, 0.05) is 32.3 Å². The lowest BCUT2D eigenvalue weighted by molar-refractivity contribution is 1.29. The monoisotopic (exact) mass is 322 g/mol. The fraction of sp³-hybridized carbons (Fsp3) is 0. The minimum Gasteiger partial charge on any atom is -0.245 e. The number of fused-ring (bicyclic) bond motifs is 7. The van der Waals surface area contributed by atoms with E-state index >= 15 is 0 Å². The summed E-state index contributed by atoms with van der Waals surface area (Å²) in [6, 6.07) is 15.7. The van der Waals surface area contributed by atoms with E-state index in [0.717, 1.165) is 44.3 Å². The predicted molar refractivity (Wildman–Crippen MR) is 89.0 cm³/mol. The lowest BCUT2D eigenvalue weighted by Crippen LogP contribution is -2.25. The van der Waals surface area contributed by atoms with Gasteiger partial charge in [0.05, 0.1) is 22.1 Å². The number of halogens is 2. The molecule has 2 nitrogen and oxygen atoms in total. The van der Waals surface area contributed by atoms with Gasteiger partial charge >= 0.3 is 0 Å². The summed E-state index contributed by atoms with van der Waals surface area (Å²) in [6.45, 7) is 0. The Hall–Kier alpha value is -2.16. The molecule has 2 aliphatic heterocycles. The smallest absolute Gasteiger partial charge is 0.0979 e. The van der Waals surface area contributed by atoms with Crippen molar-refractivity contribution in [3.05, 3.63) is 69.3 Å². The Morgan fingerprint density at radius 2 is 1.00 bits per heavy atom. The second kappa shape index (κ2) is 4.19. The van der Waals surface area contributed by atoms with Gasteiger partial charge in [-0.15, -0.1) is 0 Å². The van der Waals surface area contributed by atoms with Gasteiger partial charge in [0.25, 0.3) is 0 Å². The third-order valence-electron chi connectivity index (χ3n) is 4.11. The van der Waals surface area contributed by atoms with E-state index in [2.05, 4.69) is 12.1 Å². The van der Waals surface area contributed by atoms with Gasteiger partial charge in [-0.05, 0) is 36.4 Å². The maximum absolute atomic E-state index is 6.12. The molecule has 0 N–H and O–H groups in total. The molecule has 0 aliphatic carbocycles. The van der Waals surface area contributed by atoms with Crippen LogP contribution in [-0.4, -0.2) is 0 Å². The molecule has 2 aliphatic rings. The largest absolute Gasteiger partial charge is 0.245 e. The van der Waals surface area contributed by atoms with Gasteiger partial charge < -0.3 is 0 Å². The zero-order chi connectivity index (χ0) is 14.8. The van der Waals surface area contributed by atoms with E-state index in [4.69, 9.17) is 33.2 Å². The van der Waals surface area contributed by atoms with Gasteiger partial charge in [-0.25, -0.2) is 9.98 Å². The minimum atomic E-state index is 0.717. The molecule has 0 radical (unpaired) electrons. The summed E-state index contributed by atoms with van der Waals surface area (Å²) in [6.07, 6.45) is 0. The van der Waals surface area contributed by atoms with Crippen molar-refractivity contribution in [2.75, 3.05) is 0 Å². The van der Waals surface area contributed by atoms with Crippen LogP contribution in [0.1, 0.15) is 0 Å². The van der Waals surface area contributed by atoms with Crippen LogP contribution < -0.4 is 10.7 Å². The topological polar surface area (TPSA) is 24.7 Å². The Balaban J connectivity index is 1.87. The highest BCUT2D eigenvalue weighted by Gasteiger charge is 2.21. The number of hydrogen-bond acceptors (Lipinski definition) is 2. The lowest BCUT2D eigenvalue weighted by atomic mass is 10.0. The molecule has 0 atom stereocenters. The van der Waals surface area contributed by atoms with Gasteiger partial charge in [0.2, 0.25) is 0 Å². The van der Waals surface area contributed by atoms with E-state index in [1.54, 1.807) is 0 Å². The molecule has 0 spiro atoms. The molecule has 0 unspecified atom stereocenters. The minimum absolute atomic E-state index is 0.717. The SMILES string of the molecule is Clc1ccc2c(c1)-c1ccc3c(c1=N2)=Nc1ccc(Cl)cc1-3. The highest BCUT2D eigenvalue weighted by molar-refractivity contribution is 6.31. The third kappa shape index (κ3) is 1.57. The first-order valence-electron chi connectivity index (χ1n) is 6.91. The molecule has 4 heteroatoms. The van der Waals surface area contributed by atoms with Crippen molar-refractivity contribution in [1.82, 2.24) is 0 Å². The predicted octanol–water partition coefficient (Wildman–Crippen LogP) is 4.86. The molecule has 0 fully saturated rings. The Labute approximate surface area is 136 Å². The molecule has 22 heavy (non-hydrogen) atoms. The zero-order valence-corrected chi connectivity index (χ0v) is 12.8. The first-order valence-corrected chi connectivity index (χ1v) is 7.67. The van der Waals surface area contributed by atoms with Crippen LogP contribution in [0.25, 0.3) is 22.3 Å². The standard InChI is InChI=1S/C18H8Cl2N2/c19-9-1-5-15-13(7-9)11-3-4-12-14-8-10(20)2-6-16(14)22-18(12)17(11)21-15/h1-8H. The van der Waals surface area contributed by atoms with Crippen LogP contribution in [0.15, 0.2) is 58.5 Å². The molecule has 0 bridgehead atoms. The van der Waals surface area contributed by atoms with E-state index in [1.807, 2.05) is 36.4 Å². The summed E-state index contributed by atoms with van der Waals surface area (Å²) < 4.78 is 0. The van der Waals surface area contributed by atoms with Crippen molar-refractivity contribution >= 4 is 34.6 Å². The number of benzene rings is 3. The van der Waals surface area contributed by atoms with E-state index in [1.165, 1.54) is 0 Å². The second-order valence-electron chi connectivity index (χ2n) is 5.40. The zero-order valence-electron chi connectivity index (χ0n) is 11.3. The molecule has 0 saturated heterocycles. The van der Waals surface area contributed by atoms with Gasteiger partial charge in [0.15, 0.2) is 0 Å². The van der Waals surface area contributed by atoms with E-state index in [9.17, 15) is 0 Å². The van der Waals surface area contributed by atoms with Gasteiger partial charge in [-0.1, -0.05) is 35.3 Å². The van der Waals surface area contributed by atoms with Crippen LogP contribution in [0.5, 0.6) is 0 Å². The second-order valence-corrected chi connectivity index (χ2v) is 6.28. The highest BCUT2D eigenvalue weighted by atomic mass is 35.5. The maximum atomic E-state index is 6.12. The average molecular weight is 323 g/mol. The van der Waals surface area contributed by atoms with E-state index < -0.39 is 0 Å². The maximum Gasteiger partial charge on any atom is 0.0979 e. The Kier molecular flexibility index (Phi) is 2.36.